The number of hydrogen-bond donors (Lipinski definition) is 1. The Kier molecular flexibility index (Phi) is 3.10. The van der Waals surface area contributed by atoms with Crippen molar-refractivity contribution in [3.05, 3.63) is 28.5 Å². The molecule has 19 heavy (non-hydrogen) atoms. The zero-order chi connectivity index (χ0) is 13.4. The summed E-state index contributed by atoms with van der Waals surface area (Å²) in [6.07, 6.45) is 4.90. The molecular weight excluding hydrogens is 262 g/mol. The lowest BCUT2D eigenvalue weighted by Gasteiger charge is -2.21. The van der Waals surface area contributed by atoms with Crippen molar-refractivity contribution in [1.29, 1.82) is 0 Å². The molecule has 1 N–H and O–H groups in total. The normalized spacial score (nSPS) is 18.3. The molecule has 0 amide bonds. The Morgan fingerprint density at radius 3 is 3.16 bits per heavy atom. The number of carbonyl (C=O) groups is 1. The first-order valence-corrected chi connectivity index (χ1v) is 7.24. The summed E-state index contributed by atoms with van der Waals surface area (Å²) in [7, 11) is 0. The number of fused-ring (bicyclic) bond motifs is 1. The molecule has 1 atom stereocenters. The molecule has 0 radical (unpaired) electrons. The van der Waals surface area contributed by atoms with Crippen LogP contribution in [0, 0.1) is 6.92 Å². The number of thiazole rings is 1. The van der Waals surface area contributed by atoms with E-state index < -0.39 is 5.97 Å². The van der Waals surface area contributed by atoms with Gasteiger partial charge in [0.1, 0.15) is 0 Å². The van der Waals surface area contributed by atoms with Gasteiger partial charge in [-0.05, 0) is 37.7 Å². The largest absolute Gasteiger partial charge is 0.481 e. The van der Waals surface area contributed by atoms with Crippen LogP contribution >= 0.6 is 11.3 Å². The van der Waals surface area contributed by atoms with Crippen molar-refractivity contribution < 1.29 is 9.90 Å². The molecule has 0 saturated carbocycles. The van der Waals surface area contributed by atoms with E-state index in [2.05, 4.69) is 10.1 Å². The van der Waals surface area contributed by atoms with Gasteiger partial charge in [-0.15, -0.1) is 11.3 Å². The Bertz CT molecular complexity index is 617. The van der Waals surface area contributed by atoms with Gasteiger partial charge in [0.2, 0.25) is 5.13 Å². The summed E-state index contributed by atoms with van der Waals surface area (Å²) in [4.78, 5) is 15.4. The molecule has 2 aromatic rings. The summed E-state index contributed by atoms with van der Waals surface area (Å²) in [6, 6.07) is 0. The molecule has 0 bridgehead atoms. The molecular formula is C13H15N3O2S. The van der Waals surface area contributed by atoms with Crippen molar-refractivity contribution in [2.75, 3.05) is 0 Å². The highest BCUT2D eigenvalue weighted by Gasteiger charge is 2.27. The maximum absolute atomic E-state index is 10.9. The number of nitrogens with zero attached hydrogens (tertiary/aromatic N) is 3. The zero-order valence-corrected chi connectivity index (χ0v) is 11.5. The van der Waals surface area contributed by atoms with Crippen LogP contribution in [0.2, 0.25) is 0 Å². The fourth-order valence-electron chi connectivity index (χ4n) is 2.68. The minimum atomic E-state index is -0.740. The molecule has 5 nitrogen and oxygen atoms in total. The Morgan fingerprint density at radius 2 is 2.47 bits per heavy atom. The third-order valence-electron chi connectivity index (χ3n) is 3.52. The van der Waals surface area contributed by atoms with E-state index in [1.807, 2.05) is 23.2 Å². The maximum atomic E-state index is 10.9. The predicted molar refractivity (Wildman–Crippen MR) is 71.9 cm³/mol. The summed E-state index contributed by atoms with van der Waals surface area (Å²) >= 11 is 1.57. The number of aliphatic carboxylic acids is 1. The molecule has 1 aliphatic carbocycles. The lowest BCUT2D eigenvalue weighted by atomic mass is 9.85. The topological polar surface area (TPSA) is 68.0 Å². The van der Waals surface area contributed by atoms with E-state index in [9.17, 15) is 4.79 Å². The number of carboxylic acids is 1. The molecule has 0 fully saturated rings. The van der Waals surface area contributed by atoms with Crippen molar-refractivity contribution in [1.82, 2.24) is 14.8 Å². The smallest absolute Gasteiger partial charge is 0.303 e. The fourth-order valence-corrected chi connectivity index (χ4v) is 3.46. The van der Waals surface area contributed by atoms with Crippen LogP contribution in [0.3, 0.4) is 0 Å². The van der Waals surface area contributed by atoms with E-state index in [4.69, 9.17) is 5.11 Å². The van der Waals surface area contributed by atoms with Crippen LogP contribution in [0.25, 0.3) is 5.13 Å². The molecule has 0 aliphatic heterocycles. The SMILES string of the molecule is Cc1csc(-n2ncc3c2CCCC3CC(=O)O)n1. The van der Waals surface area contributed by atoms with Gasteiger partial charge >= 0.3 is 5.97 Å². The Balaban J connectivity index is 1.98. The highest BCUT2D eigenvalue weighted by Crippen LogP contribution is 2.35. The summed E-state index contributed by atoms with van der Waals surface area (Å²) < 4.78 is 1.88. The number of aromatic nitrogens is 3. The van der Waals surface area contributed by atoms with E-state index >= 15 is 0 Å². The van der Waals surface area contributed by atoms with Crippen molar-refractivity contribution in [3.8, 4) is 5.13 Å². The average molecular weight is 277 g/mol. The molecule has 0 aromatic carbocycles. The van der Waals surface area contributed by atoms with Crippen LogP contribution < -0.4 is 0 Å². The standard InChI is InChI=1S/C13H15N3O2S/c1-8-7-19-13(15-8)16-11-4-2-3-9(5-12(17)18)10(11)6-14-16/h6-7,9H,2-5H2,1H3,(H,17,18). The minimum Gasteiger partial charge on any atom is -0.481 e. The van der Waals surface area contributed by atoms with Gasteiger partial charge in [-0.2, -0.15) is 5.10 Å². The van der Waals surface area contributed by atoms with Crippen LogP contribution in [0.4, 0.5) is 0 Å². The summed E-state index contributed by atoms with van der Waals surface area (Å²) in [5.74, 6) is -0.647. The number of hydrogen-bond acceptors (Lipinski definition) is 4. The quantitative estimate of drug-likeness (QED) is 0.936. The highest BCUT2D eigenvalue weighted by molar-refractivity contribution is 7.12. The van der Waals surface area contributed by atoms with Gasteiger partial charge in [0.15, 0.2) is 0 Å². The van der Waals surface area contributed by atoms with E-state index in [1.54, 1.807) is 11.3 Å². The molecule has 1 unspecified atom stereocenters. The van der Waals surface area contributed by atoms with Gasteiger partial charge in [-0.3, -0.25) is 4.79 Å². The second-order valence-corrected chi connectivity index (χ2v) is 5.75. The first-order chi connectivity index (χ1) is 9.15. The summed E-state index contributed by atoms with van der Waals surface area (Å²) in [6.45, 7) is 1.96. The van der Waals surface area contributed by atoms with Gasteiger partial charge in [0.05, 0.1) is 24.0 Å². The third kappa shape index (κ3) is 2.28. The Hall–Kier alpha value is -1.69. The number of rotatable bonds is 3. The second kappa shape index (κ2) is 4.77. The second-order valence-electron chi connectivity index (χ2n) is 4.92. The number of aryl methyl sites for hydroxylation is 1. The molecule has 6 heteroatoms. The average Bonchev–Trinajstić information content (AvgIpc) is 2.94. The molecule has 0 saturated heterocycles. The van der Waals surface area contributed by atoms with Crippen LogP contribution in [-0.2, 0) is 11.2 Å². The first kappa shape index (κ1) is 12.3. The molecule has 3 rings (SSSR count). The van der Waals surface area contributed by atoms with E-state index in [0.29, 0.717) is 0 Å². The van der Waals surface area contributed by atoms with Gasteiger partial charge in [0, 0.05) is 5.38 Å². The van der Waals surface area contributed by atoms with Crippen molar-refractivity contribution in [2.24, 2.45) is 0 Å². The molecule has 100 valence electrons. The Labute approximate surface area is 114 Å². The van der Waals surface area contributed by atoms with Crippen LogP contribution in [-0.4, -0.2) is 25.8 Å². The highest BCUT2D eigenvalue weighted by atomic mass is 32.1. The zero-order valence-electron chi connectivity index (χ0n) is 10.7. The Morgan fingerprint density at radius 1 is 1.63 bits per heavy atom. The lowest BCUT2D eigenvalue weighted by Crippen LogP contribution is -2.14. The monoisotopic (exact) mass is 277 g/mol. The van der Waals surface area contributed by atoms with E-state index in [0.717, 1.165) is 41.3 Å². The molecule has 2 aromatic heterocycles. The van der Waals surface area contributed by atoms with Crippen LogP contribution in [0.1, 0.15) is 42.1 Å². The third-order valence-corrected chi connectivity index (χ3v) is 4.45. The summed E-state index contributed by atoms with van der Waals surface area (Å²) in [5, 5.41) is 16.3. The first-order valence-electron chi connectivity index (χ1n) is 6.36. The molecule has 0 spiro atoms. The summed E-state index contributed by atoms with van der Waals surface area (Å²) in [5.41, 5.74) is 3.20. The van der Waals surface area contributed by atoms with Gasteiger partial charge in [-0.1, -0.05) is 0 Å². The van der Waals surface area contributed by atoms with Crippen LogP contribution in [0.5, 0.6) is 0 Å². The van der Waals surface area contributed by atoms with E-state index in [1.165, 1.54) is 0 Å². The van der Waals surface area contributed by atoms with Gasteiger partial charge in [-0.25, -0.2) is 9.67 Å². The maximum Gasteiger partial charge on any atom is 0.303 e. The van der Waals surface area contributed by atoms with Crippen LogP contribution in [0.15, 0.2) is 11.6 Å². The van der Waals surface area contributed by atoms with Gasteiger partial charge < -0.3 is 5.11 Å². The molecule has 1 aliphatic rings. The lowest BCUT2D eigenvalue weighted by molar-refractivity contribution is -0.137. The fraction of sp³-hybridized carbons (Fsp3) is 0.462. The minimum absolute atomic E-state index is 0.0936. The molecule has 2 heterocycles. The van der Waals surface area contributed by atoms with Crippen molar-refractivity contribution >= 4 is 17.3 Å². The van der Waals surface area contributed by atoms with Crippen molar-refractivity contribution in [3.63, 3.8) is 0 Å². The van der Waals surface area contributed by atoms with E-state index in [-0.39, 0.29) is 12.3 Å². The predicted octanol–water partition coefficient (Wildman–Crippen LogP) is 2.53. The number of carboxylic acid groups (broad SMARTS) is 1. The van der Waals surface area contributed by atoms with Crippen molar-refractivity contribution in [2.45, 2.75) is 38.5 Å². The van der Waals surface area contributed by atoms with Gasteiger partial charge in [0.25, 0.3) is 0 Å².